The van der Waals surface area contributed by atoms with E-state index in [-0.39, 0.29) is 30.7 Å². The summed E-state index contributed by atoms with van der Waals surface area (Å²) in [6.45, 7) is 5.34. The van der Waals surface area contributed by atoms with Crippen molar-refractivity contribution in [3.8, 4) is 5.75 Å². The number of nitrogens with zero attached hydrogens (tertiary/aromatic N) is 4. The molecular weight excluding hydrogens is 488 g/mol. The topological polar surface area (TPSA) is 136 Å². The fourth-order valence-electron chi connectivity index (χ4n) is 3.50. The molecule has 192 valence electrons. The summed E-state index contributed by atoms with van der Waals surface area (Å²) in [6.07, 6.45) is 1.48. The second-order valence-corrected chi connectivity index (χ2v) is 9.20. The fraction of sp³-hybridized carbons (Fsp3) is 0.375. The predicted molar refractivity (Wildman–Crippen MR) is 132 cm³/mol. The predicted octanol–water partition coefficient (Wildman–Crippen LogP) is 3.25. The van der Waals surface area contributed by atoms with Crippen molar-refractivity contribution >= 4 is 40.7 Å². The number of methoxy groups -OCH3 is 1. The molecule has 0 aliphatic rings. The van der Waals surface area contributed by atoms with E-state index in [0.29, 0.717) is 33.6 Å². The van der Waals surface area contributed by atoms with Gasteiger partial charge in [-0.3, -0.25) is 9.78 Å². The van der Waals surface area contributed by atoms with E-state index in [1.807, 2.05) is 0 Å². The Labute approximate surface area is 211 Å². The molecule has 2 heterocycles. The molecule has 0 spiro atoms. The Hall–Kier alpha value is -3.64. The zero-order chi connectivity index (χ0) is 26.4. The number of hydrogen-bond donors (Lipinski definition) is 0. The van der Waals surface area contributed by atoms with Crippen molar-refractivity contribution in [2.24, 2.45) is 0 Å². The summed E-state index contributed by atoms with van der Waals surface area (Å²) in [4.78, 5) is 46.5. The molecule has 0 saturated heterocycles. The van der Waals surface area contributed by atoms with E-state index >= 15 is 0 Å². The molecule has 1 amide bonds. The van der Waals surface area contributed by atoms with E-state index in [2.05, 4.69) is 9.97 Å². The minimum Gasteiger partial charge on any atom is -0.609 e. The first-order valence-electron chi connectivity index (χ1n) is 11.1. The van der Waals surface area contributed by atoms with Crippen LogP contribution in [0.15, 0.2) is 29.6 Å². The zero-order valence-electron chi connectivity index (χ0n) is 20.8. The number of likely N-dealkylation sites (N-methyl/N-ethyl adjacent to an activating group) is 1. The zero-order valence-corrected chi connectivity index (χ0v) is 21.6. The lowest BCUT2D eigenvalue weighted by Crippen LogP contribution is -2.35. The first-order chi connectivity index (χ1) is 17.2. The highest BCUT2D eigenvalue weighted by atomic mass is 32.2. The van der Waals surface area contributed by atoms with Crippen LogP contribution in [0, 0.1) is 13.8 Å². The van der Waals surface area contributed by atoms with Crippen LogP contribution in [0.3, 0.4) is 0 Å². The number of rotatable bonds is 9. The van der Waals surface area contributed by atoms with Gasteiger partial charge < -0.3 is 23.7 Å². The minimum atomic E-state index is -1.79. The number of aldehydes is 1. The van der Waals surface area contributed by atoms with Gasteiger partial charge in [-0.1, -0.05) is 0 Å². The highest BCUT2D eigenvalue weighted by molar-refractivity contribution is 7.90. The van der Waals surface area contributed by atoms with Crippen molar-refractivity contribution in [2.75, 3.05) is 33.9 Å². The summed E-state index contributed by atoms with van der Waals surface area (Å²) in [5.74, 6) is 0.482. The quantitative estimate of drug-likeness (QED) is 0.238. The number of benzene rings is 1. The molecule has 1 aromatic carbocycles. The second-order valence-electron chi connectivity index (χ2n) is 7.85. The van der Waals surface area contributed by atoms with Gasteiger partial charge in [-0.2, -0.15) is 4.98 Å². The largest absolute Gasteiger partial charge is 0.609 e. The van der Waals surface area contributed by atoms with Gasteiger partial charge in [0.25, 0.3) is 0 Å². The maximum Gasteiger partial charge on any atom is 0.508 e. The molecule has 11 nitrogen and oxygen atoms in total. The Morgan fingerprint density at radius 1 is 1.25 bits per heavy atom. The number of carbonyl (C=O) groups excluding carboxylic acids is 3. The van der Waals surface area contributed by atoms with Crippen LogP contribution in [0.25, 0.3) is 11.0 Å². The first kappa shape index (κ1) is 27.0. The molecule has 0 bridgehead atoms. The van der Waals surface area contributed by atoms with Crippen LogP contribution in [0.4, 0.5) is 9.59 Å². The Morgan fingerprint density at radius 2 is 2.00 bits per heavy atom. The van der Waals surface area contributed by atoms with Gasteiger partial charge >= 0.3 is 17.3 Å². The normalized spacial score (nSPS) is 11.7. The summed E-state index contributed by atoms with van der Waals surface area (Å²) < 4.78 is 29.7. The Morgan fingerprint density at radius 3 is 2.67 bits per heavy atom. The SMILES string of the molecule is CCOC(=O)OCCN(C)C(=O)n1c([S+]([O-])Cc2ncc(C)c(C=O)c2C)nc2cc(OC)ccc21. The first-order valence-corrected chi connectivity index (χ1v) is 12.4. The van der Waals surface area contributed by atoms with Crippen molar-refractivity contribution < 1.29 is 33.1 Å². The van der Waals surface area contributed by atoms with E-state index in [1.165, 1.54) is 23.6 Å². The molecular formula is C24H28N4O7S. The number of imidazole rings is 1. The average molecular weight is 517 g/mol. The number of hydrogen-bond acceptors (Lipinski definition) is 9. The lowest BCUT2D eigenvalue weighted by Gasteiger charge is -2.19. The third-order valence-electron chi connectivity index (χ3n) is 5.52. The van der Waals surface area contributed by atoms with Gasteiger partial charge in [0.15, 0.2) is 12.0 Å². The number of amides is 1. The van der Waals surface area contributed by atoms with Crippen molar-refractivity contribution in [3.63, 3.8) is 0 Å². The molecule has 36 heavy (non-hydrogen) atoms. The third kappa shape index (κ3) is 5.77. The van der Waals surface area contributed by atoms with Crippen LogP contribution in [0.5, 0.6) is 5.75 Å². The van der Waals surface area contributed by atoms with E-state index in [0.717, 1.165) is 11.8 Å². The van der Waals surface area contributed by atoms with Crippen LogP contribution in [0.2, 0.25) is 0 Å². The monoisotopic (exact) mass is 516 g/mol. The summed E-state index contributed by atoms with van der Waals surface area (Å²) in [5, 5.41) is 0.0239. The highest BCUT2D eigenvalue weighted by Crippen LogP contribution is 2.27. The second kappa shape index (κ2) is 11.9. The van der Waals surface area contributed by atoms with Gasteiger partial charge in [0.2, 0.25) is 0 Å². The smallest absolute Gasteiger partial charge is 0.508 e. The fourth-order valence-corrected chi connectivity index (χ4v) is 4.75. The van der Waals surface area contributed by atoms with Crippen LogP contribution in [0.1, 0.15) is 34.1 Å². The van der Waals surface area contributed by atoms with Crippen molar-refractivity contribution in [3.05, 3.63) is 46.8 Å². The van der Waals surface area contributed by atoms with Crippen LogP contribution in [-0.4, -0.2) is 76.4 Å². The number of pyridine rings is 1. The average Bonchev–Trinajstić information content (AvgIpc) is 3.24. The summed E-state index contributed by atoms with van der Waals surface area (Å²) in [5.41, 5.74) is 3.17. The molecule has 12 heteroatoms. The minimum absolute atomic E-state index is 0.0239. The number of aromatic nitrogens is 3. The van der Waals surface area contributed by atoms with Gasteiger partial charge in [0.05, 0.1) is 37.0 Å². The molecule has 0 N–H and O–H groups in total. The number of fused-ring (bicyclic) bond motifs is 1. The molecule has 0 aliphatic heterocycles. The molecule has 0 fully saturated rings. The third-order valence-corrected chi connectivity index (χ3v) is 6.74. The van der Waals surface area contributed by atoms with Crippen molar-refractivity contribution in [2.45, 2.75) is 31.7 Å². The lowest BCUT2D eigenvalue weighted by atomic mass is 10.1. The summed E-state index contributed by atoms with van der Waals surface area (Å²) in [7, 11) is 3.04. The van der Waals surface area contributed by atoms with Crippen LogP contribution >= 0.6 is 0 Å². The Balaban J connectivity index is 1.94. The standard InChI is InChI=1S/C24H28N4O7S/c1-6-34-24(31)35-10-9-27(4)23(30)28-21-8-7-17(33-5)11-19(21)26-22(28)36(32)14-20-16(3)18(13-29)15(2)12-25-20/h7-8,11-13H,6,9-10,14H2,1-5H3. The van der Waals surface area contributed by atoms with Gasteiger partial charge in [0.1, 0.15) is 12.4 Å². The molecule has 3 rings (SSSR count). The number of aryl methyl sites for hydroxylation is 1. The molecule has 3 aromatic rings. The maximum absolute atomic E-state index is 13.5. The Bertz CT molecular complexity index is 1280. The maximum atomic E-state index is 13.5. The van der Waals surface area contributed by atoms with Gasteiger partial charge in [0, 0.05) is 36.1 Å². The molecule has 2 aromatic heterocycles. The van der Waals surface area contributed by atoms with Crippen LogP contribution in [-0.2, 0) is 26.4 Å². The summed E-state index contributed by atoms with van der Waals surface area (Å²) >= 11 is -1.79. The van der Waals surface area contributed by atoms with E-state index in [1.54, 1.807) is 45.2 Å². The van der Waals surface area contributed by atoms with Crippen LogP contribution < -0.4 is 4.74 Å². The van der Waals surface area contributed by atoms with Crippen molar-refractivity contribution in [1.29, 1.82) is 0 Å². The molecule has 0 radical (unpaired) electrons. The van der Waals surface area contributed by atoms with Gasteiger partial charge in [-0.15, -0.1) is 0 Å². The van der Waals surface area contributed by atoms with Gasteiger partial charge in [-0.25, -0.2) is 14.2 Å². The highest BCUT2D eigenvalue weighted by Gasteiger charge is 2.29. The van der Waals surface area contributed by atoms with E-state index in [4.69, 9.17) is 14.2 Å². The lowest BCUT2D eigenvalue weighted by molar-refractivity contribution is 0.0550. The summed E-state index contributed by atoms with van der Waals surface area (Å²) in [6, 6.07) is 4.46. The number of ether oxygens (including phenoxy) is 3. The molecule has 0 saturated carbocycles. The molecule has 0 aliphatic carbocycles. The van der Waals surface area contributed by atoms with Crippen molar-refractivity contribution in [1.82, 2.24) is 19.4 Å². The van der Waals surface area contributed by atoms with Gasteiger partial charge in [-0.05, 0) is 44.0 Å². The Kier molecular flexibility index (Phi) is 8.88. The van der Waals surface area contributed by atoms with E-state index in [9.17, 15) is 18.9 Å². The molecule has 1 unspecified atom stereocenters. The molecule has 1 atom stereocenters. The number of carbonyl (C=O) groups is 3. The van der Waals surface area contributed by atoms with E-state index < -0.39 is 23.4 Å².